The van der Waals surface area contributed by atoms with Gasteiger partial charge < -0.3 is 14.7 Å². The van der Waals surface area contributed by atoms with Crippen molar-refractivity contribution in [2.45, 2.75) is 52.6 Å². The van der Waals surface area contributed by atoms with Crippen molar-refractivity contribution in [1.82, 2.24) is 4.90 Å². The van der Waals surface area contributed by atoms with Crippen LogP contribution in [0.5, 0.6) is 5.75 Å². The molecule has 5 nitrogen and oxygen atoms in total. The van der Waals surface area contributed by atoms with E-state index in [0.717, 1.165) is 69.7 Å². The molecule has 1 N–H and O–H groups in total. The first-order chi connectivity index (χ1) is 16.4. The molecule has 0 spiro atoms. The summed E-state index contributed by atoms with van der Waals surface area (Å²) >= 11 is 0. The number of carbonyl (C=O) groups is 2. The predicted molar refractivity (Wildman–Crippen MR) is 131 cm³/mol. The van der Waals surface area contributed by atoms with Crippen molar-refractivity contribution >= 4 is 11.9 Å². The first-order valence-corrected chi connectivity index (χ1v) is 11.8. The van der Waals surface area contributed by atoms with Crippen LogP contribution in [-0.2, 0) is 24.3 Å². The lowest BCUT2D eigenvalue weighted by Crippen LogP contribution is -2.23. The highest BCUT2D eigenvalue weighted by Crippen LogP contribution is 2.43. The Kier molecular flexibility index (Phi) is 5.64. The van der Waals surface area contributed by atoms with E-state index in [1.54, 1.807) is 6.92 Å². The third-order valence-corrected chi connectivity index (χ3v) is 7.24. The Balaban J connectivity index is 1.66. The quantitative estimate of drug-likeness (QED) is 0.541. The van der Waals surface area contributed by atoms with Gasteiger partial charge in [0.05, 0.1) is 12.5 Å². The number of hydrogen-bond acceptors (Lipinski definition) is 3. The molecule has 0 radical (unpaired) electrons. The summed E-state index contributed by atoms with van der Waals surface area (Å²) < 4.78 is 5.80. The maximum atomic E-state index is 13.5. The van der Waals surface area contributed by atoms with Crippen LogP contribution in [0.4, 0.5) is 0 Å². The van der Waals surface area contributed by atoms with Gasteiger partial charge in [-0.25, -0.2) is 0 Å². The summed E-state index contributed by atoms with van der Waals surface area (Å²) in [6, 6.07) is 16.1. The van der Waals surface area contributed by atoms with Gasteiger partial charge >= 0.3 is 5.97 Å². The Morgan fingerprint density at radius 1 is 1.09 bits per heavy atom. The second-order valence-corrected chi connectivity index (χ2v) is 9.37. The summed E-state index contributed by atoms with van der Waals surface area (Å²) in [5.74, 6) is -0.745. The van der Waals surface area contributed by atoms with Crippen LogP contribution < -0.4 is 4.74 Å². The van der Waals surface area contributed by atoms with Crippen LogP contribution in [0.3, 0.4) is 0 Å². The van der Waals surface area contributed by atoms with Crippen LogP contribution in [0.15, 0.2) is 48.5 Å². The van der Waals surface area contributed by atoms with E-state index >= 15 is 0 Å². The molecular weight excluding hydrogens is 426 g/mol. The number of fused-ring (bicyclic) bond motifs is 2. The molecule has 2 aliphatic heterocycles. The normalized spacial score (nSPS) is 15.5. The zero-order valence-electron chi connectivity index (χ0n) is 19.9. The van der Waals surface area contributed by atoms with E-state index < -0.39 is 11.9 Å². The van der Waals surface area contributed by atoms with Gasteiger partial charge in [-0.15, -0.1) is 0 Å². The highest BCUT2D eigenvalue weighted by atomic mass is 16.5. The van der Waals surface area contributed by atoms with Gasteiger partial charge in [0.1, 0.15) is 5.75 Å². The molecule has 5 rings (SSSR count). The topological polar surface area (TPSA) is 66.8 Å². The second kappa shape index (κ2) is 8.64. The van der Waals surface area contributed by atoms with Gasteiger partial charge in [-0.1, -0.05) is 36.4 Å². The molecule has 0 aliphatic carbocycles. The Morgan fingerprint density at radius 3 is 2.59 bits per heavy atom. The Bertz CT molecular complexity index is 1300. The molecule has 2 heterocycles. The first kappa shape index (κ1) is 22.2. The fourth-order valence-electron chi connectivity index (χ4n) is 5.48. The van der Waals surface area contributed by atoms with E-state index in [-0.39, 0.29) is 5.91 Å². The Labute approximate surface area is 200 Å². The lowest BCUT2D eigenvalue weighted by molar-refractivity contribution is -0.138. The molecule has 5 heteroatoms. The molecular formula is C29H29NO4. The molecule has 0 saturated carbocycles. The summed E-state index contributed by atoms with van der Waals surface area (Å²) in [6.07, 6.45) is 1.92. The standard InChI is InChI=1S/C29H29NO4/c1-17-23-16-30(15-20-8-5-4-6-9-20)28(31)27(23)18(2)25(19(3)29(32)33)26(17)22-11-12-24-21(14-22)10-7-13-34-24/h4-6,8-9,11-12,14,19H,7,10,13,15-16H2,1-3H3,(H,32,33). The molecule has 0 bridgehead atoms. The summed E-state index contributed by atoms with van der Waals surface area (Å²) in [6.45, 7) is 7.43. The van der Waals surface area contributed by atoms with Crippen LogP contribution in [0.25, 0.3) is 11.1 Å². The number of aliphatic carboxylic acids is 1. The average molecular weight is 456 g/mol. The fourth-order valence-corrected chi connectivity index (χ4v) is 5.48. The number of benzene rings is 3. The fraction of sp³-hybridized carbons (Fsp3) is 0.310. The Hall–Kier alpha value is -3.60. The lowest BCUT2D eigenvalue weighted by atomic mass is 9.80. The van der Waals surface area contributed by atoms with E-state index in [1.807, 2.05) is 61.2 Å². The summed E-state index contributed by atoms with van der Waals surface area (Å²) in [4.78, 5) is 27.5. The zero-order valence-corrected chi connectivity index (χ0v) is 19.9. The van der Waals surface area contributed by atoms with Crippen LogP contribution in [0, 0.1) is 13.8 Å². The largest absolute Gasteiger partial charge is 0.493 e. The number of carboxylic acids is 1. The van der Waals surface area contributed by atoms with Crippen LogP contribution >= 0.6 is 0 Å². The number of rotatable bonds is 5. The van der Waals surface area contributed by atoms with Gasteiger partial charge in [0.25, 0.3) is 5.91 Å². The van der Waals surface area contributed by atoms with E-state index in [4.69, 9.17) is 4.74 Å². The highest BCUT2D eigenvalue weighted by molar-refractivity contribution is 6.02. The van der Waals surface area contributed by atoms with E-state index in [1.165, 1.54) is 0 Å². The molecule has 0 fully saturated rings. The van der Waals surface area contributed by atoms with Crippen molar-refractivity contribution in [1.29, 1.82) is 0 Å². The number of hydrogen-bond donors (Lipinski definition) is 1. The van der Waals surface area contributed by atoms with E-state index in [0.29, 0.717) is 18.7 Å². The van der Waals surface area contributed by atoms with Crippen LogP contribution in [0.1, 0.15) is 63.0 Å². The molecule has 2 aliphatic rings. The number of nitrogens with zero attached hydrogens (tertiary/aromatic N) is 1. The number of carboxylic acid groups (broad SMARTS) is 1. The summed E-state index contributed by atoms with van der Waals surface area (Å²) in [7, 11) is 0. The van der Waals surface area contributed by atoms with Gasteiger partial charge in [-0.3, -0.25) is 9.59 Å². The number of ether oxygens (including phenoxy) is 1. The molecule has 0 saturated heterocycles. The van der Waals surface area contributed by atoms with Gasteiger partial charge in [-0.05, 0) is 90.3 Å². The maximum absolute atomic E-state index is 13.5. The molecule has 174 valence electrons. The molecule has 3 aromatic carbocycles. The maximum Gasteiger partial charge on any atom is 0.310 e. The molecule has 1 unspecified atom stereocenters. The van der Waals surface area contributed by atoms with Crippen molar-refractivity contribution in [3.8, 4) is 16.9 Å². The number of amides is 1. The molecule has 0 aromatic heterocycles. The first-order valence-electron chi connectivity index (χ1n) is 11.8. The minimum Gasteiger partial charge on any atom is -0.493 e. The second-order valence-electron chi connectivity index (χ2n) is 9.37. The zero-order chi connectivity index (χ0) is 24.0. The number of carbonyl (C=O) groups excluding carboxylic acids is 1. The summed E-state index contributed by atoms with van der Waals surface area (Å²) in [5, 5.41) is 9.96. The predicted octanol–water partition coefficient (Wildman–Crippen LogP) is 5.64. The van der Waals surface area contributed by atoms with Crippen LogP contribution in [-0.4, -0.2) is 28.5 Å². The third-order valence-electron chi connectivity index (χ3n) is 7.24. The van der Waals surface area contributed by atoms with Gasteiger partial charge in [0, 0.05) is 18.7 Å². The van der Waals surface area contributed by atoms with Gasteiger partial charge in [0.2, 0.25) is 0 Å². The SMILES string of the molecule is Cc1c2c(c(C)c(C(C)C(=O)O)c1-c1ccc3c(c1)CCCO3)C(=O)N(Cc1ccccc1)C2. The average Bonchev–Trinajstić information content (AvgIpc) is 3.17. The molecule has 1 atom stereocenters. The van der Waals surface area contributed by atoms with Gasteiger partial charge in [0.15, 0.2) is 0 Å². The smallest absolute Gasteiger partial charge is 0.310 e. The highest BCUT2D eigenvalue weighted by Gasteiger charge is 2.36. The number of aryl methyl sites for hydroxylation is 1. The van der Waals surface area contributed by atoms with Crippen molar-refractivity contribution in [2.75, 3.05) is 6.61 Å². The van der Waals surface area contributed by atoms with E-state index in [9.17, 15) is 14.7 Å². The van der Waals surface area contributed by atoms with E-state index in [2.05, 4.69) is 6.07 Å². The molecule has 34 heavy (non-hydrogen) atoms. The van der Waals surface area contributed by atoms with Crippen molar-refractivity contribution in [2.24, 2.45) is 0 Å². The third kappa shape index (κ3) is 3.65. The summed E-state index contributed by atoms with van der Waals surface area (Å²) in [5.41, 5.74) is 8.33. The van der Waals surface area contributed by atoms with Crippen molar-refractivity contribution in [3.05, 3.63) is 87.5 Å². The minimum absolute atomic E-state index is 0.0244. The van der Waals surface area contributed by atoms with Crippen molar-refractivity contribution in [3.63, 3.8) is 0 Å². The van der Waals surface area contributed by atoms with Crippen LogP contribution in [0.2, 0.25) is 0 Å². The Morgan fingerprint density at radius 2 is 1.85 bits per heavy atom. The molecule has 3 aromatic rings. The lowest BCUT2D eigenvalue weighted by Gasteiger charge is -2.24. The minimum atomic E-state index is -0.892. The van der Waals surface area contributed by atoms with Gasteiger partial charge in [-0.2, -0.15) is 0 Å². The molecule has 1 amide bonds. The monoisotopic (exact) mass is 455 g/mol. The van der Waals surface area contributed by atoms with Crippen molar-refractivity contribution < 1.29 is 19.4 Å².